The van der Waals surface area contributed by atoms with Crippen molar-refractivity contribution >= 4 is 21.8 Å². The molecule has 0 fully saturated rings. The molecule has 9 heteroatoms. The van der Waals surface area contributed by atoms with Crippen LogP contribution in [0.2, 0.25) is 0 Å². The number of benzene rings is 2. The van der Waals surface area contributed by atoms with E-state index in [2.05, 4.69) is 5.32 Å². The summed E-state index contributed by atoms with van der Waals surface area (Å²) in [5.74, 6) is 1.56. The van der Waals surface area contributed by atoms with Crippen LogP contribution in [0.1, 0.15) is 19.4 Å². The number of methoxy groups -OCH3 is 2. The molecule has 0 saturated heterocycles. The summed E-state index contributed by atoms with van der Waals surface area (Å²) in [5.41, 5.74) is 1.29. The number of nitrogens with one attached hydrogen (secondary N) is 1. The summed E-state index contributed by atoms with van der Waals surface area (Å²) in [5, 5.41) is 2.87. The molecule has 0 radical (unpaired) electrons. The molecule has 0 spiro atoms. The minimum atomic E-state index is -3.63. The number of carbonyl (C=O) groups is 1. The van der Waals surface area contributed by atoms with Gasteiger partial charge in [-0.15, -0.1) is 0 Å². The van der Waals surface area contributed by atoms with Crippen molar-refractivity contribution in [1.82, 2.24) is 4.90 Å². The number of hydrogen-bond donors (Lipinski definition) is 1. The van der Waals surface area contributed by atoms with Crippen molar-refractivity contribution in [2.75, 3.05) is 32.3 Å². The van der Waals surface area contributed by atoms with Gasteiger partial charge in [0.15, 0.2) is 0 Å². The van der Waals surface area contributed by atoms with Crippen LogP contribution in [0.4, 0.5) is 10.5 Å². The highest BCUT2D eigenvalue weighted by atomic mass is 32.2. The first-order valence-corrected chi connectivity index (χ1v) is 11.2. The third kappa shape index (κ3) is 7.47. The number of urea groups is 1. The maximum Gasteiger partial charge on any atom is 0.322 e. The first kappa shape index (κ1) is 23.3. The summed E-state index contributed by atoms with van der Waals surface area (Å²) in [6.45, 7) is 4.81. The van der Waals surface area contributed by atoms with Crippen molar-refractivity contribution in [2.45, 2.75) is 20.4 Å². The molecule has 164 valence electrons. The van der Waals surface area contributed by atoms with E-state index in [0.717, 1.165) is 11.8 Å². The van der Waals surface area contributed by atoms with Crippen molar-refractivity contribution < 1.29 is 26.9 Å². The molecule has 0 saturated carbocycles. The van der Waals surface area contributed by atoms with Gasteiger partial charge in [0.25, 0.3) is 0 Å². The Morgan fingerprint density at radius 2 is 1.67 bits per heavy atom. The summed E-state index contributed by atoms with van der Waals surface area (Å²) in [6.07, 6.45) is 0.987. The van der Waals surface area contributed by atoms with E-state index in [1.165, 1.54) is 14.2 Å². The molecule has 0 aliphatic rings. The standard InChI is InChI=1S/C21H28N2O6S/c1-15(2)13-23(14-16-7-6-8-18(9-16)29-30(5,25)26)21(24)22-17-10-19(27-3)12-20(11-17)28-4/h6-12,15H,13-14H2,1-5H3,(H,22,24). The molecule has 0 aromatic heterocycles. The summed E-state index contributed by atoms with van der Waals surface area (Å²) in [6, 6.07) is 11.5. The quantitative estimate of drug-likeness (QED) is 0.602. The smallest absolute Gasteiger partial charge is 0.322 e. The maximum atomic E-state index is 13.0. The summed E-state index contributed by atoms with van der Waals surface area (Å²) < 4.78 is 38.2. The average molecular weight is 437 g/mol. The van der Waals surface area contributed by atoms with E-state index in [-0.39, 0.29) is 24.2 Å². The van der Waals surface area contributed by atoms with Crippen molar-refractivity contribution in [3.05, 3.63) is 48.0 Å². The Balaban J connectivity index is 2.21. The Morgan fingerprint density at radius 1 is 1.03 bits per heavy atom. The van der Waals surface area contributed by atoms with Crippen LogP contribution in [0, 0.1) is 5.92 Å². The zero-order valence-corrected chi connectivity index (χ0v) is 18.7. The van der Waals surface area contributed by atoms with E-state index >= 15 is 0 Å². The van der Waals surface area contributed by atoms with Gasteiger partial charge in [-0.3, -0.25) is 0 Å². The SMILES string of the molecule is COc1cc(NC(=O)N(Cc2cccc(OS(C)(=O)=O)c2)CC(C)C)cc(OC)c1. The predicted molar refractivity (Wildman–Crippen MR) is 116 cm³/mol. The van der Waals surface area contributed by atoms with Crippen LogP contribution in [0.3, 0.4) is 0 Å². The van der Waals surface area contributed by atoms with E-state index in [4.69, 9.17) is 13.7 Å². The minimum Gasteiger partial charge on any atom is -0.497 e. The number of ether oxygens (including phenoxy) is 2. The fraction of sp³-hybridized carbons (Fsp3) is 0.381. The fourth-order valence-corrected chi connectivity index (χ4v) is 3.29. The van der Waals surface area contributed by atoms with E-state index in [1.807, 2.05) is 19.9 Å². The molecule has 8 nitrogen and oxygen atoms in total. The number of amides is 2. The maximum absolute atomic E-state index is 13.0. The molecule has 0 aliphatic carbocycles. The molecule has 30 heavy (non-hydrogen) atoms. The molecule has 0 atom stereocenters. The largest absolute Gasteiger partial charge is 0.497 e. The van der Waals surface area contributed by atoms with Gasteiger partial charge in [-0.2, -0.15) is 8.42 Å². The number of rotatable bonds is 9. The second-order valence-electron chi connectivity index (χ2n) is 7.24. The van der Waals surface area contributed by atoms with Crippen molar-refractivity contribution in [3.8, 4) is 17.2 Å². The lowest BCUT2D eigenvalue weighted by Gasteiger charge is -2.25. The molecular weight excluding hydrogens is 408 g/mol. The Morgan fingerprint density at radius 3 is 2.20 bits per heavy atom. The van der Waals surface area contributed by atoms with Crippen LogP contribution in [-0.2, 0) is 16.7 Å². The fourth-order valence-electron chi connectivity index (χ4n) is 2.83. The van der Waals surface area contributed by atoms with E-state index in [1.54, 1.807) is 41.3 Å². The lowest BCUT2D eigenvalue weighted by Crippen LogP contribution is -2.37. The molecule has 2 aromatic carbocycles. The second-order valence-corrected chi connectivity index (χ2v) is 8.82. The predicted octanol–water partition coefficient (Wildman–Crippen LogP) is 3.73. The van der Waals surface area contributed by atoms with Gasteiger partial charge in [-0.25, -0.2) is 4.79 Å². The van der Waals surface area contributed by atoms with E-state index in [0.29, 0.717) is 23.7 Å². The Kier molecular flexibility index (Phi) is 7.93. The van der Waals surface area contributed by atoms with Crippen LogP contribution in [-0.4, -0.2) is 46.4 Å². The molecule has 0 unspecified atom stereocenters. The van der Waals surface area contributed by atoms with Crippen LogP contribution in [0.15, 0.2) is 42.5 Å². The molecule has 0 heterocycles. The summed E-state index contributed by atoms with van der Waals surface area (Å²) in [7, 11) is -0.551. The normalized spacial score (nSPS) is 11.1. The summed E-state index contributed by atoms with van der Waals surface area (Å²) >= 11 is 0. The van der Waals surface area contributed by atoms with Crippen LogP contribution >= 0.6 is 0 Å². The minimum absolute atomic E-state index is 0.206. The highest BCUT2D eigenvalue weighted by Crippen LogP contribution is 2.26. The zero-order chi connectivity index (χ0) is 22.3. The monoisotopic (exact) mass is 436 g/mol. The first-order chi connectivity index (χ1) is 14.1. The summed E-state index contributed by atoms with van der Waals surface area (Å²) in [4.78, 5) is 14.6. The molecule has 2 rings (SSSR count). The molecule has 0 aliphatic heterocycles. The average Bonchev–Trinajstić information content (AvgIpc) is 2.65. The lowest BCUT2D eigenvalue weighted by molar-refractivity contribution is 0.201. The highest BCUT2D eigenvalue weighted by molar-refractivity contribution is 7.86. The number of anilines is 1. The van der Waals surface area contributed by atoms with Gasteiger partial charge in [0.2, 0.25) is 0 Å². The van der Waals surface area contributed by atoms with Gasteiger partial charge < -0.3 is 23.9 Å². The molecule has 1 N–H and O–H groups in total. The van der Waals surface area contributed by atoms with Crippen molar-refractivity contribution in [2.24, 2.45) is 5.92 Å². The molecule has 2 aromatic rings. The number of hydrogen-bond acceptors (Lipinski definition) is 6. The van der Waals surface area contributed by atoms with Crippen LogP contribution in [0.25, 0.3) is 0 Å². The van der Waals surface area contributed by atoms with Gasteiger partial charge in [-0.05, 0) is 23.6 Å². The van der Waals surface area contributed by atoms with Crippen LogP contribution in [0.5, 0.6) is 17.2 Å². The van der Waals surface area contributed by atoms with Gasteiger partial charge in [0.1, 0.15) is 17.2 Å². The van der Waals surface area contributed by atoms with Gasteiger partial charge in [0, 0.05) is 37.0 Å². The van der Waals surface area contributed by atoms with Gasteiger partial charge in [0.05, 0.1) is 20.5 Å². The third-order valence-electron chi connectivity index (χ3n) is 3.99. The lowest BCUT2D eigenvalue weighted by atomic mass is 10.1. The first-order valence-electron chi connectivity index (χ1n) is 9.37. The van der Waals surface area contributed by atoms with Gasteiger partial charge in [-0.1, -0.05) is 26.0 Å². The second kappa shape index (κ2) is 10.2. The van der Waals surface area contributed by atoms with Crippen molar-refractivity contribution in [1.29, 1.82) is 0 Å². The Labute approximate surface area is 177 Å². The molecule has 2 amide bonds. The molecule has 0 bridgehead atoms. The highest BCUT2D eigenvalue weighted by Gasteiger charge is 2.17. The number of carbonyl (C=O) groups excluding carboxylic acids is 1. The zero-order valence-electron chi connectivity index (χ0n) is 17.8. The van der Waals surface area contributed by atoms with E-state index < -0.39 is 10.1 Å². The van der Waals surface area contributed by atoms with E-state index in [9.17, 15) is 13.2 Å². The Hall–Kier alpha value is -2.94. The van der Waals surface area contributed by atoms with Crippen LogP contribution < -0.4 is 19.0 Å². The Bertz CT molecular complexity index is 953. The topological polar surface area (TPSA) is 94.2 Å². The third-order valence-corrected chi connectivity index (χ3v) is 4.49. The van der Waals surface area contributed by atoms with Gasteiger partial charge >= 0.3 is 16.1 Å². The van der Waals surface area contributed by atoms with Crippen molar-refractivity contribution in [3.63, 3.8) is 0 Å². The molecular formula is C21H28N2O6S. The number of nitrogens with zero attached hydrogens (tertiary/aromatic N) is 1.